The summed E-state index contributed by atoms with van der Waals surface area (Å²) in [5.74, 6) is 5.92. The Morgan fingerprint density at radius 3 is 2.33 bits per heavy atom. The van der Waals surface area contributed by atoms with E-state index in [0.29, 0.717) is 6.61 Å². The van der Waals surface area contributed by atoms with E-state index < -0.39 is 0 Å². The monoisotopic (exact) mass is 240 g/mol. The van der Waals surface area contributed by atoms with Crippen LogP contribution in [0.3, 0.4) is 0 Å². The molecule has 3 heteroatoms. The average Bonchev–Trinajstić information content (AvgIpc) is 2.40. The predicted molar refractivity (Wildman–Crippen MR) is 73.7 cm³/mol. The summed E-state index contributed by atoms with van der Waals surface area (Å²) in [5.41, 5.74) is 3.37. The summed E-state index contributed by atoms with van der Waals surface area (Å²) >= 11 is 0. The lowest BCUT2D eigenvalue weighted by molar-refractivity contribution is 0.306. The second kappa shape index (κ2) is 5.87. The molecular weight excluding hydrogens is 224 g/mol. The molecule has 18 heavy (non-hydrogen) atoms. The van der Waals surface area contributed by atoms with Gasteiger partial charge in [0.05, 0.1) is 6.21 Å². The van der Waals surface area contributed by atoms with Crippen LogP contribution >= 0.6 is 0 Å². The van der Waals surface area contributed by atoms with Crippen LogP contribution in [0.4, 0.5) is 0 Å². The van der Waals surface area contributed by atoms with Gasteiger partial charge in [0.2, 0.25) is 0 Å². The molecule has 0 aliphatic carbocycles. The van der Waals surface area contributed by atoms with Crippen molar-refractivity contribution in [3.63, 3.8) is 0 Å². The van der Waals surface area contributed by atoms with E-state index in [1.165, 1.54) is 5.56 Å². The topological polar surface area (TPSA) is 47.6 Å². The summed E-state index contributed by atoms with van der Waals surface area (Å²) in [6.45, 7) is 2.65. The smallest absolute Gasteiger partial charge is 0.119 e. The highest BCUT2D eigenvalue weighted by molar-refractivity contribution is 5.79. The van der Waals surface area contributed by atoms with Gasteiger partial charge in [-0.05, 0) is 42.3 Å². The molecule has 0 saturated carbocycles. The fourth-order valence-corrected chi connectivity index (χ4v) is 1.59. The number of aryl methyl sites for hydroxylation is 1. The van der Waals surface area contributed by atoms with Gasteiger partial charge in [0.1, 0.15) is 12.4 Å². The van der Waals surface area contributed by atoms with Crippen molar-refractivity contribution in [2.24, 2.45) is 10.9 Å². The molecule has 0 radical (unpaired) electrons. The normalized spacial score (nSPS) is 10.7. The largest absolute Gasteiger partial charge is 0.489 e. The molecule has 92 valence electrons. The second-order valence-corrected chi connectivity index (χ2v) is 4.12. The minimum absolute atomic E-state index is 0.574. The van der Waals surface area contributed by atoms with Gasteiger partial charge < -0.3 is 10.6 Å². The molecule has 0 unspecified atom stereocenters. The zero-order valence-electron chi connectivity index (χ0n) is 10.3. The van der Waals surface area contributed by atoms with E-state index in [0.717, 1.165) is 16.9 Å². The Bertz CT molecular complexity index is 515. The Hall–Kier alpha value is -2.29. The lowest BCUT2D eigenvalue weighted by Gasteiger charge is -2.06. The minimum atomic E-state index is 0.574. The van der Waals surface area contributed by atoms with Gasteiger partial charge >= 0.3 is 0 Å². The van der Waals surface area contributed by atoms with E-state index in [1.54, 1.807) is 6.21 Å². The summed E-state index contributed by atoms with van der Waals surface area (Å²) in [4.78, 5) is 0. The van der Waals surface area contributed by atoms with Crippen LogP contribution in [0.2, 0.25) is 0 Å². The number of hydrogen-bond donors (Lipinski definition) is 1. The van der Waals surface area contributed by atoms with Crippen LogP contribution < -0.4 is 10.6 Å². The highest BCUT2D eigenvalue weighted by Gasteiger charge is 1.96. The van der Waals surface area contributed by atoms with Crippen LogP contribution in [0.1, 0.15) is 16.7 Å². The molecule has 0 aliphatic heterocycles. The third-order valence-corrected chi connectivity index (χ3v) is 2.63. The second-order valence-electron chi connectivity index (χ2n) is 4.12. The van der Waals surface area contributed by atoms with Crippen molar-refractivity contribution in [3.05, 3.63) is 65.2 Å². The minimum Gasteiger partial charge on any atom is -0.489 e. The van der Waals surface area contributed by atoms with E-state index in [1.807, 2.05) is 24.3 Å². The van der Waals surface area contributed by atoms with Gasteiger partial charge in [0.25, 0.3) is 0 Å². The standard InChI is InChI=1S/C15H16N2O/c1-12-2-4-14(5-3-12)11-18-15-8-6-13(7-9-15)10-17-16/h2-10H,11,16H2,1H3/b17-10-. The van der Waals surface area contributed by atoms with Crippen LogP contribution in [0.15, 0.2) is 53.6 Å². The molecule has 0 spiro atoms. The van der Waals surface area contributed by atoms with Gasteiger partial charge in [-0.3, -0.25) is 0 Å². The van der Waals surface area contributed by atoms with Crippen molar-refractivity contribution in [2.45, 2.75) is 13.5 Å². The number of benzene rings is 2. The molecule has 2 aromatic carbocycles. The van der Waals surface area contributed by atoms with Gasteiger partial charge in [-0.1, -0.05) is 29.8 Å². The van der Waals surface area contributed by atoms with E-state index in [2.05, 4.69) is 36.3 Å². The number of hydrazone groups is 1. The Labute approximate surface area is 107 Å². The number of ether oxygens (including phenoxy) is 1. The maximum Gasteiger partial charge on any atom is 0.119 e. The summed E-state index contributed by atoms with van der Waals surface area (Å²) < 4.78 is 5.69. The fraction of sp³-hybridized carbons (Fsp3) is 0.133. The first-order chi connectivity index (χ1) is 8.78. The molecule has 0 heterocycles. The van der Waals surface area contributed by atoms with Crippen molar-refractivity contribution >= 4 is 6.21 Å². The van der Waals surface area contributed by atoms with Crippen LogP contribution in [0.5, 0.6) is 5.75 Å². The van der Waals surface area contributed by atoms with E-state index in [4.69, 9.17) is 10.6 Å². The van der Waals surface area contributed by atoms with Gasteiger partial charge in [-0.15, -0.1) is 0 Å². The van der Waals surface area contributed by atoms with Crippen LogP contribution in [0.25, 0.3) is 0 Å². The highest BCUT2D eigenvalue weighted by atomic mass is 16.5. The number of hydrogen-bond acceptors (Lipinski definition) is 3. The maximum absolute atomic E-state index is 5.69. The molecule has 2 rings (SSSR count). The first kappa shape index (κ1) is 12.2. The van der Waals surface area contributed by atoms with Crippen LogP contribution in [0, 0.1) is 6.92 Å². The Kier molecular flexibility index (Phi) is 3.97. The van der Waals surface area contributed by atoms with Gasteiger partial charge in [0.15, 0.2) is 0 Å². The van der Waals surface area contributed by atoms with Crippen LogP contribution in [-0.4, -0.2) is 6.21 Å². The summed E-state index contributed by atoms with van der Waals surface area (Å²) in [6, 6.07) is 16.0. The zero-order chi connectivity index (χ0) is 12.8. The summed E-state index contributed by atoms with van der Waals surface area (Å²) in [7, 11) is 0. The van der Waals surface area contributed by atoms with Gasteiger partial charge in [-0.25, -0.2) is 0 Å². The quantitative estimate of drug-likeness (QED) is 0.507. The third-order valence-electron chi connectivity index (χ3n) is 2.63. The van der Waals surface area contributed by atoms with Crippen molar-refractivity contribution in [1.82, 2.24) is 0 Å². The maximum atomic E-state index is 5.69. The van der Waals surface area contributed by atoms with Crippen molar-refractivity contribution in [3.8, 4) is 5.75 Å². The number of nitrogens with zero attached hydrogens (tertiary/aromatic N) is 1. The fourth-order valence-electron chi connectivity index (χ4n) is 1.59. The molecular formula is C15H16N2O. The molecule has 0 amide bonds. The first-order valence-corrected chi connectivity index (χ1v) is 5.79. The molecule has 0 aromatic heterocycles. The lowest BCUT2D eigenvalue weighted by Crippen LogP contribution is -1.95. The Morgan fingerprint density at radius 1 is 1.06 bits per heavy atom. The van der Waals surface area contributed by atoms with Crippen molar-refractivity contribution in [1.29, 1.82) is 0 Å². The number of nitrogens with two attached hydrogens (primary N) is 1. The summed E-state index contributed by atoms with van der Waals surface area (Å²) in [6.07, 6.45) is 1.60. The lowest BCUT2D eigenvalue weighted by atomic mass is 10.2. The average molecular weight is 240 g/mol. The van der Waals surface area contributed by atoms with Gasteiger partial charge in [0, 0.05) is 0 Å². The van der Waals surface area contributed by atoms with E-state index >= 15 is 0 Å². The van der Waals surface area contributed by atoms with E-state index in [-0.39, 0.29) is 0 Å². The third kappa shape index (κ3) is 3.35. The van der Waals surface area contributed by atoms with Crippen LogP contribution in [-0.2, 0) is 6.61 Å². The molecule has 2 aromatic rings. The van der Waals surface area contributed by atoms with E-state index in [9.17, 15) is 0 Å². The van der Waals surface area contributed by atoms with Crippen molar-refractivity contribution < 1.29 is 4.74 Å². The summed E-state index contributed by atoms with van der Waals surface area (Å²) in [5, 5.41) is 3.47. The molecule has 3 nitrogen and oxygen atoms in total. The zero-order valence-corrected chi connectivity index (χ0v) is 10.3. The molecule has 0 atom stereocenters. The molecule has 2 N–H and O–H groups in total. The molecule has 0 bridgehead atoms. The Morgan fingerprint density at radius 2 is 1.72 bits per heavy atom. The molecule has 0 fully saturated rings. The first-order valence-electron chi connectivity index (χ1n) is 5.79. The SMILES string of the molecule is Cc1ccc(COc2ccc(/C=N\N)cc2)cc1. The molecule has 0 saturated heterocycles. The molecule has 0 aliphatic rings. The Balaban J connectivity index is 1.95. The van der Waals surface area contributed by atoms with Crippen molar-refractivity contribution in [2.75, 3.05) is 0 Å². The highest BCUT2D eigenvalue weighted by Crippen LogP contribution is 2.13. The predicted octanol–water partition coefficient (Wildman–Crippen LogP) is 2.87. The number of rotatable bonds is 4. The van der Waals surface area contributed by atoms with Gasteiger partial charge in [-0.2, -0.15) is 5.10 Å².